The topological polar surface area (TPSA) is 55.8 Å². The van der Waals surface area contributed by atoms with Crippen molar-refractivity contribution in [3.8, 4) is 0 Å². The lowest BCUT2D eigenvalue weighted by Gasteiger charge is -2.31. The predicted octanol–water partition coefficient (Wildman–Crippen LogP) is 4.06. The molecule has 1 aliphatic rings. The molecular weight excluding hydrogens is 362 g/mol. The van der Waals surface area contributed by atoms with Gasteiger partial charge in [0.2, 0.25) is 0 Å². The summed E-state index contributed by atoms with van der Waals surface area (Å²) < 4.78 is 11.3. The molecule has 2 atom stereocenters. The highest BCUT2D eigenvalue weighted by Gasteiger charge is 2.44. The first-order valence-corrected chi connectivity index (χ1v) is 8.37. The molecule has 0 radical (unpaired) electrons. The molecule has 0 aromatic heterocycles. The largest absolute Gasteiger partial charge is 0.467 e. The number of rotatable bonds is 2. The van der Waals surface area contributed by atoms with Crippen molar-refractivity contribution in [2.75, 3.05) is 7.11 Å². The monoisotopic (exact) mass is 383 g/mol. The Morgan fingerprint density at radius 1 is 1.17 bits per heavy atom. The van der Waals surface area contributed by atoms with E-state index in [1.807, 2.05) is 45.0 Å². The number of benzene rings is 1. The number of amides is 1. The number of carbonyl (C=O) groups excluding carboxylic acids is 2. The van der Waals surface area contributed by atoms with Crippen LogP contribution in [0, 0.1) is 0 Å². The van der Waals surface area contributed by atoms with Crippen molar-refractivity contribution in [2.24, 2.45) is 0 Å². The van der Waals surface area contributed by atoms with Gasteiger partial charge in [0, 0.05) is 4.47 Å². The highest BCUT2D eigenvalue weighted by atomic mass is 79.9. The molecule has 1 fully saturated rings. The number of likely N-dealkylation sites (tertiary alicyclic amines) is 1. The number of hydrogen-bond donors (Lipinski definition) is 0. The van der Waals surface area contributed by atoms with E-state index < -0.39 is 23.7 Å². The van der Waals surface area contributed by atoms with Gasteiger partial charge in [-0.15, -0.1) is 0 Å². The molecule has 126 valence electrons. The third-order valence-corrected chi connectivity index (χ3v) is 4.25. The van der Waals surface area contributed by atoms with Crippen molar-refractivity contribution >= 4 is 28.0 Å². The summed E-state index contributed by atoms with van der Waals surface area (Å²) in [6.07, 6.45) is 0.770. The molecule has 1 amide bonds. The van der Waals surface area contributed by atoms with Crippen LogP contribution in [0.4, 0.5) is 4.79 Å². The highest BCUT2D eigenvalue weighted by Crippen LogP contribution is 2.38. The van der Waals surface area contributed by atoms with Gasteiger partial charge in [-0.25, -0.2) is 9.59 Å². The van der Waals surface area contributed by atoms with E-state index in [2.05, 4.69) is 15.9 Å². The normalized spacial score (nSPS) is 21.2. The third kappa shape index (κ3) is 4.25. The van der Waals surface area contributed by atoms with Gasteiger partial charge >= 0.3 is 12.1 Å². The summed E-state index contributed by atoms with van der Waals surface area (Å²) in [5.74, 6) is -0.407. The van der Waals surface area contributed by atoms with Crippen molar-refractivity contribution in [3.63, 3.8) is 0 Å². The van der Waals surface area contributed by atoms with Crippen LogP contribution in [0.5, 0.6) is 0 Å². The predicted molar refractivity (Wildman–Crippen MR) is 90.0 cm³/mol. The van der Waals surface area contributed by atoms with Crippen molar-refractivity contribution < 1.29 is 19.1 Å². The summed E-state index contributed by atoms with van der Waals surface area (Å²) in [6.45, 7) is 5.42. The molecule has 1 saturated heterocycles. The van der Waals surface area contributed by atoms with Crippen LogP contribution in [0.25, 0.3) is 0 Å². The maximum Gasteiger partial charge on any atom is 0.411 e. The number of ether oxygens (including phenoxy) is 2. The highest BCUT2D eigenvalue weighted by molar-refractivity contribution is 9.10. The quantitative estimate of drug-likeness (QED) is 0.722. The van der Waals surface area contributed by atoms with Crippen LogP contribution >= 0.6 is 15.9 Å². The fourth-order valence-corrected chi connectivity index (χ4v) is 3.02. The minimum absolute atomic E-state index is 0.193. The zero-order valence-electron chi connectivity index (χ0n) is 13.8. The third-order valence-electron chi connectivity index (χ3n) is 3.72. The Bertz CT molecular complexity index is 579. The smallest absolute Gasteiger partial charge is 0.411 e. The van der Waals surface area contributed by atoms with Crippen molar-refractivity contribution in [1.82, 2.24) is 4.90 Å². The van der Waals surface area contributed by atoms with E-state index in [4.69, 9.17) is 9.47 Å². The molecule has 0 bridgehead atoms. The zero-order chi connectivity index (χ0) is 17.2. The molecule has 0 spiro atoms. The van der Waals surface area contributed by atoms with Gasteiger partial charge in [-0.05, 0) is 51.3 Å². The molecule has 0 N–H and O–H groups in total. The average molecular weight is 384 g/mol. The summed E-state index contributed by atoms with van der Waals surface area (Å²) >= 11 is 3.40. The first-order valence-electron chi connectivity index (χ1n) is 7.57. The number of nitrogens with zero attached hydrogens (tertiary/aromatic N) is 1. The lowest BCUT2D eigenvalue weighted by molar-refractivity contribution is -0.146. The Balaban J connectivity index is 2.31. The van der Waals surface area contributed by atoms with Crippen LogP contribution in [-0.2, 0) is 14.3 Å². The minimum Gasteiger partial charge on any atom is -0.467 e. The molecule has 1 aromatic rings. The zero-order valence-corrected chi connectivity index (χ0v) is 15.4. The first kappa shape index (κ1) is 17.8. The second-order valence-corrected chi connectivity index (χ2v) is 7.49. The summed E-state index contributed by atoms with van der Waals surface area (Å²) in [5.41, 5.74) is 0.357. The number of esters is 1. The molecule has 6 heteroatoms. The van der Waals surface area contributed by atoms with E-state index in [0.29, 0.717) is 12.8 Å². The van der Waals surface area contributed by atoms with Crippen molar-refractivity contribution in [2.45, 2.75) is 51.3 Å². The van der Waals surface area contributed by atoms with Gasteiger partial charge in [0.1, 0.15) is 11.6 Å². The SMILES string of the molecule is COC(=O)[C@@H]1CC[C@H](c2ccc(Br)cc2)N1C(=O)OC(C)(C)C. The lowest BCUT2D eigenvalue weighted by Crippen LogP contribution is -2.44. The lowest BCUT2D eigenvalue weighted by atomic mass is 10.1. The maximum atomic E-state index is 12.6. The fourth-order valence-electron chi connectivity index (χ4n) is 2.76. The van der Waals surface area contributed by atoms with Gasteiger partial charge in [0.05, 0.1) is 13.2 Å². The molecule has 23 heavy (non-hydrogen) atoms. The molecular formula is C17H22BrNO4. The maximum absolute atomic E-state index is 12.6. The van der Waals surface area contributed by atoms with Gasteiger partial charge in [0.15, 0.2) is 0 Å². The van der Waals surface area contributed by atoms with Crippen LogP contribution < -0.4 is 0 Å². The van der Waals surface area contributed by atoms with Gasteiger partial charge in [-0.1, -0.05) is 28.1 Å². The van der Waals surface area contributed by atoms with E-state index in [1.165, 1.54) is 12.0 Å². The van der Waals surface area contributed by atoms with E-state index >= 15 is 0 Å². The molecule has 0 unspecified atom stereocenters. The van der Waals surface area contributed by atoms with Crippen LogP contribution in [-0.4, -0.2) is 35.7 Å². The molecule has 2 rings (SSSR count). The second kappa shape index (κ2) is 6.91. The Hall–Kier alpha value is -1.56. The van der Waals surface area contributed by atoms with Crippen LogP contribution in [0.2, 0.25) is 0 Å². The van der Waals surface area contributed by atoms with E-state index in [1.54, 1.807) is 0 Å². The summed E-state index contributed by atoms with van der Waals surface area (Å²) in [6, 6.07) is 6.95. The molecule has 5 nitrogen and oxygen atoms in total. The second-order valence-electron chi connectivity index (χ2n) is 6.57. The summed E-state index contributed by atoms with van der Waals surface area (Å²) in [5, 5.41) is 0. The Morgan fingerprint density at radius 3 is 2.30 bits per heavy atom. The van der Waals surface area contributed by atoms with Gasteiger partial charge in [0.25, 0.3) is 0 Å². The van der Waals surface area contributed by atoms with Crippen molar-refractivity contribution in [1.29, 1.82) is 0 Å². The van der Waals surface area contributed by atoms with Gasteiger partial charge in [-0.3, -0.25) is 4.90 Å². The number of carbonyl (C=O) groups is 2. The fraction of sp³-hybridized carbons (Fsp3) is 0.529. The van der Waals surface area contributed by atoms with Crippen molar-refractivity contribution in [3.05, 3.63) is 34.3 Å². The molecule has 1 aliphatic heterocycles. The minimum atomic E-state index is -0.620. The molecule has 0 aliphatic carbocycles. The van der Waals surface area contributed by atoms with E-state index in [9.17, 15) is 9.59 Å². The summed E-state index contributed by atoms with van der Waals surface area (Å²) in [7, 11) is 1.34. The van der Waals surface area contributed by atoms with E-state index in [-0.39, 0.29) is 6.04 Å². The van der Waals surface area contributed by atoms with Gasteiger partial charge < -0.3 is 9.47 Å². The number of halogens is 1. The molecule has 1 aromatic carbocycles. The average Bonchev–Trinajstić information content (AvgIpc) is 2.90. The molecule has 0 saturated carbocycles. The van der Waals surface area contributed by atoms with Crippen LogP contribution in [0.1, 0.15) is 45.2 Å². The van der Waals surface area contributed by atoms with Crippen LogP contribution in [0.15, 0.2) is 28.7 Å². The Labute approximate surface area is 145 Å². The van der Waals surface area contributed by atoms with Crippen LogP contribution in [0.3, 0.4) is 0 Å². The summed E-state index contributed by atoms with van der Waals surface area (Å²) in [4.78, 5) is 26.2. The molecule has 1 heterocycles. The van der Waals surface area contributed by atoms with Gasteiger partial charge in [-0.2, -0.15) is 0 Å². The Kier molecular flexibility index (Phi) is 5.34. The van der Waals surface area contributed by atoms with E-state index in [0.717, 1.165) is 10.0 Å². The number of methoxy groups -OCH3 is 1. The number of hydrogen-bond acceptors (Lipinski definition) is 4. The first-order chi connectivity index (χ1) is 10.7. The standard InChI is InChI=1S/C17H22BrNO4/c1-17(2,3)23-16(21)19-13(9-10-14(19)15(20)22-4)11-5-7-12(18)8-6-11/h5-8,13-14H,9-10H2,1-4H3/t13-,14+/m1/s1. The Morgan fingerprint density at radius 2 is 1.78 bits per heavy atom.